The summed E-state index contributed by atoms with van der Waals surface area (Å²) in [4.78, 5) is 11.8. The molecular formula is C15H17F2IO3. The Bertz CT molecular complexity index is 505. The van der Waals surface area contributed by atoms with Gasteiger partial charge in [0, 0.05) is 12.1 Å². The van der Waals surface area contributed by atoms with Crippen LogP contribution < -0.4 is 4.74 Å². The first-order chi connectivity index (χ1) is 9.96. The van der Waals surface area contributed by atoms with Gasteiger partial charge in [-0.3, -0.25) is 0 Å². The summed E-state index contributed by atoms with van der Waals surface area (Å²) in [7, 11) is 0. The third-order valence-electron chi connectivity index (χ3n) is 3.80. The Hall–Kier alpha value is -0.920. The largest absolute Gasteiger partial charge is 0.482 e. The molecule has 21 heavy (non-hydrogen) atoms. The van der Waals surface area contributed by atoms with E-state index in [0.717, 1.165) is 44.2 Å². The highest BCUT2D eigenvalue weighted by atomic mass is 127. The lowest BCUT2D eigenvalue weighted by Crippen LogP contribution is -2.33. The third-order valence-corrected chi connectivity index (χ3v) is 4.83. The standard InChI is InChI=1S/C15H17F2IO3/c1-2-15(5-3-4-6-15)21-13(19)9-20-10-7-11(16)14(18)12(17)8-10/h7-8H,2-6,9H2,1H3. The van der Waals surface area contributed by atoms with Crippen LogP contribution in [-0.4, -0.2) is 18.2 Å². The van der Waals surface area contributed by atoms with E-state index in [4.69, 9.17) is 9.47 Å². The van der Waals surface area contributed by atoms with E-state index in [1.54, 1.807) is 22.6 Å². The minimum absolute atomic E-state index is 0.0145. The van der Waals surface area contributed by atoms with Crippen LogP contribution in [0.5, 0.6) is 5.75 Å². The summed E-state index contributed by atoms with van der Waals surface area (Å²) >= 11 is 1.57. The molecule has 0 spiro atoms. The van der Waals surface area contributed by atoms with Gasteiger partial charge >= 0.3 is 5.97 Å². The minimum atomic E-state index is -0.709. The van der Waals surface area contributed by atoms with Crippen LogP contribution in [0.25, 0.3) is 0 Å². The first kappa shape index (κ1) is 16.5. The molecule has 0 amide bonds. The Labute approximate surface area is 136 Å². The van der Waals surface area contributed by atoms with Crippen molar-refractivity contribution in [3.05, 3.63) is 27.3 Å². The summed E-state index contributed by atoms with van der Waals surface area (Å²) in [6.07, 6.45) is 4.60. The normalized spacial score (nSPS) is 16.8. The maximum atomic E-state index is 13.4. The predicted molar refractivity (Wildman–Crippen MR) is 82.2 cm³/mol. The molecular weight excluding hydrogens is 393 g/mol. The van der Waals surface area contributed by atoms with Crippen molar-refractivity contribution >= 4 is 28.6 Å². The molecule has 0 heterocycles. The van der Waals surface area contributed by atoms with Gasteiger partial charge in [0.2, 0.25) is 0 Å². The van der Waals surface area contributed by atoms with Crippen molar-refractivity contribution in [2.45, 2.75) is 44.6 Å². The highest BCUT2D eigenvalue weighted by Crippen LogP contribution is 2.36. The Kier molecular flexibility index (Phi) is 5.40. The molecule has 0 bridgehead atoms. The molecule has 116 valence electrons. The zero-order valence-electron chi connectivity index (χ0n) is 11.8. The number of halogens is 3. The van der Waals surface area contributed by atoms with Gasteiger partial charge < -0.3 is 9.47 Å². The molecule has 0 radical (unpaired) electrons. The van der Waals surface area contributed by atoms with Gasteiger partial charge in [-0.15, -0.1) is 0 Å². The second kappa shape index (κ2) is 6.89. The molecule has 0 saturated heterocycles. The van der Waals surface area contributed by atoms with Crippen LogP contribution in [0.15, 0.2) is 12.1 Å². The summed E-state index contributed by atoms with van der Waals surface area (Å²) in [5, 5.41) is 0. The van der Waals surface area contributed by atoms with Crippen LogP contribution in [0.2, 0.25) is 0 Å². The molecule has 1 aromatic carbocycles. The fourth-order valence-corrected chi connectivity index (χ4v) is 2.89. The first-order valence-corrected chi connectivity index (χ1v) is 8.03. The maximum absolute atomic E-state index is 13.4. The van der Waals surface area contributed by atoms with Gasteiger partial charge in [0.1, 0.15) is 23.0 Å². The van der Waals surface area contributed by atoms with E-state index in [2.05, 4.69) is 0 Å². The fourth-order valence-electron chi connectivity index (χ4n) is 2.58. The molecule has 1 fully saturated rings. The predicted octanol–water partition coefficient (Wildman–Crippen LogP) is 4.21. The number of hydrogen-bond donors (Lipinski definition) is 0. The Morgan fingerprint density at radius 1 is 1.29 bits per heavy atom. The van der Waals surface area contributed by atoms with Crippen molar-refractivity contribution in [1.29, 1.82) is 0 Å². The zero-order valence-corrected chi connectivity index (χ0v) is 13.9. The van der Waals surface area contributed by atoms with Gasteiger partial charge in [-0.2, -0.15) is 0 Å². The summed E-state index contributed by atoms with van der Waals surface area (Å²) < 4.78 is 37.3. The molecule has 1 aromatic rings. The van der Waals surface area contributed by atoms with Crippen molar-refractivity contribution in [3.8, 4) is 5.75 Å². The van der Waals surface area contributed by atoms with Gasteiger partial charge in [0.15, 0.2) is 6.61 Å². The second-order valence-electron chi connectivity index (χ2n) is 5.21. The number of esters is 1. The second-order valence-corrected chi connectivity index (χ2v) is 6.29. The first-order valence-electron chi connectivity index (χ1n) is 6.95. The van der Waals surface area contributed by atoms with Gasteiger partial charge in [0.25, 0.3) is 0 Å². The lowest BCUT2D eigenvalue weighted by atomic mass is 9.99. The van der Waals surface area contributed by atoms with Crippen molar-refractivity contribution in [2.75, 3.05) is 6.61 Å². The number of benzene rings is 1. The van der Waals surface area contributed by atoms with E-state index >= 15 is 0 Å². The van der Waals surface area contributed by atoms with Crippen molar-refractivity contribution in [3.63, 3.8) is 0 Å². The van der Waals surface area contributed by atoms with Gasteiger partial charge in [-0.25, -0.2) is 13.6 Å². The van der Waals surface area contributed by atoms with E-state index < -0.39 is 17.6 Å². The molecule has 6 heteroatoms. The van der Waals surface area contributed by atoms with E-state index in [-0.39, 0.29) is 21.5 Å². The van der Waals surface area contributed by atoms with Gasteiger partial charge in [-0.05, 0) is 54.7 Å². The zero-order chi connectivity index (χ0) is 15.5. The fraction of sp³-hybridized carbons (Fsp3) is 0.533. The number of ether oxygens (including phenoxy) is 2. The van der Waals surface area contributed by atoms with Gasteiger partial charge in [-0.1, -0.05) is 6.92 Å². The van der Waals surface area contributed by atoms with Gasteiger partial charge in [0.05, 0.1) is 3.57 Å². The van der Waals surface area contributed by atoms with Crippen LogP contribution >= 0.6 is 22.6 Å². The molecule has 0 N–H and O–H groups in total. The molecule has 0 atom stereocenters. The lowest BCUT2D eigenvalue weighted by Gasteiger charge is -2.27. The quantitative estimate of drug-likeness (QED) is 0.415. The smallest absolute Gasteiger partial charge is 0.344 e. The highest BCUT2D eigenvalue weighted by molar-refractivity contribution is 14.1. The van der Waals surface area contributed by atoms with E-state index in [0.29, 0.717) is 0 Å². The molecule has 1 aliphatic carbocycles. The number of rotatable bonds is 5. The number of hydrogen-bond acceptors (Lipinski definition) is 3. The van der Waals surface area contributed by atoms with Crippen molar-refractivity contribution in [2.24, 2.45) is 0 Å². The number of carbonyl (C=O) groups is 1. The van der Waals surface area contributed by atoms with Crippen molar-refractivity contribution < 1.29 is 23.0 Å². The van der Waals surface area contributed by atoms with Crippen molar-refractivity contribution in [1.82, 2.24) is 0 Å². The summed E-state index contributed by atoms with van der Waals surface area (Å²) in [5.41, 5.74) is -0.386. The van der Waals surface area contributed by atoms with Crippen LogP contribution in [0.1, 0.15) is 39.0 Å². The molecule has 1 saturated carbocycles. The van der Waals surface area contributed by atoms with E-state index in [1.165, 1.54) is 0 Å². The summed E-state index contributed by atoms with van der Waals surface area (Å²) in [6.45, 7) is 1.64. The van der Waals surface area contributed by atoms with Crippen LogP contribution in [0.3, 0.4) is 0 Å². The average Bonchev–Trinajstić information content (AvgIpc) is 2.91. The van der Waals surface area contributed by atoms with Crippen LogP contribution in [-0.2, 0) is 9.53 Å². The Morgan fingerprint density at radius 3 is 2.38 bits per heavy atom. The highest BCUT2D eigenvalue weighted by Gasteiger charge is 2.35. The molecule has 0 unspecified atom stereocenters. The third kappa shape index (κ3) is 4.05. The molecule has 1 aliphatic rings. The summed E-state index contributed by atoms with van der Waals surface area (Å²) in [5.74, 6) is -1.93. The maximum Gasteiger partial charge on any atom is 0.344 e. The molecule has 2 rings (SSSR count). The average molecular weight is 410 g/mol. The minimum Gasteiger partial charge on any atom is -0.482 e. The monoisotopic (exact) mass is 410 g/mol. The SMILES string of the molecule is CCC1(OC(=O)COc2cc(F)c(I)c(F)c2)CCCC1. The van der Waals surface area contributed by atoms with E-state index in [9.17, 15) is 13.6 Å². The summed E-state index contributed by atoms with van der Waals surface area (Å²) in [6, 6.07) is 2.12. The topological polar surface area (TPSA) is 35.5 Å². The Balaban J connectivity index is 1.92. The number of carbonyl (C=O) groups excluding carboxylic acids is 1. The van der Waals surface area contributed by atoms with E-state index in [1.807, 2.05) is 6.92 Å². The lowest BCUT2D eigenvalue weighted by molar-refractivity contribution is -0.162. The molecule has 0 aliphatic heterocycles. The Morgan fingerprint density at radius 2 is 1.86 bits per heavy atom. The molecule has 0 aromatic heterocycles. The van der Waals surface area contributed by atoms with Crippen LogP contribution in [0.4, 0.5) is 8.78 Å². The van der Waals surface area contributed by atoms with Crippen LogP contribution in [0, 0.1) is 15.2 Å². The molecule has 3 nitrogen and oxygen atoms in total.